The molecule has 3 rings (SSSR count). The summed E-state index contributed by atoms with van der Waals surface area (Å²) in [5, 5.41) is 14.5. The average Bonchev–Trinajstić information content (AvgIpc) is 2.84. The van der Waals surface area contributed by atoms with E-state index in [1.54, 1.807) is 19.2 Å². The van der Waals surface area contributed by atoms with Gasteiger partial charge >= 0.3 is 6.03 Å². The summed E-state index contributed by atoms with van der Waals surface area (Å²) in [5.74, 6) is 0.183. The number of likely N-dealkylation sites (tertiary alicyclic amines) is 1. The van der Waals surface area contributed by atoms with Crippen LogP contribution < -0.4 is 10.6 Å². The summed E-state index contributed by atoms with van der Waals surface area (Å²) in [6.07, 6.45) is 1.73. The first-order valence-electron chi connectivity index (χ1n) is 11.4. The number of nitriles is 1. The van der Waals surface area contributed by atoms with Crippen LogP contribution in [0.1, 0.15) is 52.7 Å². The molecule has 8 heteroatoms. The number of amides is 4. The Kier molecular flexibility index (Phi) is 8.25. The molecule has 1 saturated heterocycles. The van der Waals surface area contributed by atoms with Crippen LogP contribution in [-0.2, 0) is 4.79 Å². The van der Waals surface area contributed by atoms with Gasteiger partial charge in [0.2, 0.25) is 5.91 Å². The van der Waals surface area contributed by atoms with Crippen LogP contribution in [0, 0.1) is 18.3 Å². The van der Waals surface area contributed by atoms with Gasteiger partial charge in [-0.25, -0.2) is 4.79 Å². The molecule has 178 valence electrons. The van der Waals surface area contributed by atoms with Crippen LogP contribution >= 0.6 is 0 Å². The van der Waals surface area contributed by atoms with E-state index in [0.717, 1.165) is 18.4 Å². The maximum atomic E-state index is 13.1. The number of rotatable bonds is 6. The summed E-state index contributed by atoms with van der Waals surface area (Å²) in [6.45, 7) is 5.37. The fourth-order valence-electron chi connectivity index (χ4n) is 4.03. The van der Waals surface area contributed by atoms with E-state index in [0.29, 0.717) is 48.9 Å². The molecule has 0 aromatic heterocycles. The van der Waals surface area contributed by atoms with Gasteiger partial charge in [0, 0.05) is 51.4 Å². The molecule has 0 saturated carbocycles. The fourth-order valence-corrected chi connectivity index (χ4v) is 4.03. The Morgan fingerprint density at radius 2 is 1.79 bits per heavy atom. The molecular weight excluding hydrogens is 430 g/mol. The highest BCUT2D eigenvalue weighted by Crippen LogP contribution is 2.29. The Bertz CT molecular complexity index is 1080. The van der Waals surface area contributed by atoms with E-state index < -0.39 is 0 Å². The highest BCUT2D eigenvalue weighted by molar-refractivity contribution is 5.97. The fraction of sp³-hybridized carbons (Fsp3) is 0.385. The molecule has 0 spiro atoms. The van der Waals surface area contributed by atoms with Gasteiger partial charge in [-0.1, -0.05) is 18.2 Å². The van der Waals surface area contributed by atoms with Crippen molar-refractivity contribution in [3.63, 3.8) is 0 Å². The predicted octanol–water partition coefficient (Wildman–Crippen LogP) is 3.49. The minimum Gasteiger partial charge on any atom is -0.355 e. The van der Waals surface area contributed by atoms with Crippen molar-refractivity contribution >= 4 is 23.5 Å². The minimum absolute atomic E-state index is 0.0483. The first-order chi connectivity index (χ1) is 16.3. The van der Waals surface area contributed by atoms with Crippen LogP contribution in [0.4, 0.5) is 10.5 Å². The Labute approximate surface area is 200 Å². The summed E-state index contributed by atoms with van der Waals surface area (Å²) < 4.78 is 0. The van der Waals surface area contributed by atoms with Crippen molar-refractivity contribution in [3.8, 4) is 6.07 Å². The summed E-state index contributed by atoms with van der Waals surface area (Å²) >= 11 is 0. The molecule has 2 N–H and O–H groups in total. The molecular formula is C26H31N5O3. The van der Waals surface area contributed by atoms with Crippen LogP contribution in [-0.4, -0.2) is 60.9 Å². The summed E-state index contributed by atoms with van der Waals surface area (Å²) in [7, 11) is 1.65. The lowest BCUT2D eigenvalue weighted by atomic mass is 9.89. The highest BCUT2D eigenvalue weighted by atomic mass is 16.2. The zero-order valence-electron chi connectivity index (χ0n) is 19.9. The molecule has 1 aliphatic rings. The third-order valence-electron chi connectivity index (χ3n) is 6.19. The topological polar surface area (TPSA) is 106 Å². The molecule has 0 atom stereocenters. The van der Waals surface area contributed by atoms with Gasteiger partial charge in [0.15, 0.2) is 0 Å². The summed E-state index contributed by atoms with van der Waals surface area (Å²) in [5.41, 5.74) is 3.85. The van der Waals surface area contributed by atoms with Gasteiger partial charge in [0.25, 0.3) is 5.91 Å². The largest absolute Gasteiger partial charge is 0.355 e. The quantitative estimate of drug-likeness (QED) is 0.687. The van der Waals surface area contributed by atoms with E-state index in [2.05, 4.69) is 16.7 Å². The van der Waals surface area contributed by atoms with Crippen molar-refractivity contribution in [1.29, 1.82) is 5.26 Å². The lowest BCUT2D eigenvalue weighted by Crippen LogP contribution is -2.38. The number of aryl methyl sites for hydroxylation is 1. The average molecular weight is 462 g/mol. The number of piperidine rings is 1. The van der Waals surface area contributed by atoms with E-state index in [1.807, 2.05) is 42.2 Å². The zero-order valence-corrected chi connectivity index (χ0v) is 19.9. The highest BCUT2D eigenvalue weighted by Gasteiger charge is 2.25. The molecule has 34 heavy (non-hydrogen) atoms. The molecule has 0 aliphatic carbocycles. The Morgan fingerprint density at radius 1 is 1.12 bits per heavy atom. The number of hydrogen-bond donors (Lipinski definition) is 2. The van der Waals surface area contributed by atoms with Gasteiger partial charge in [-0.05, 0) is 61.1 Å². The Hall–Kier alpha value is -3.86. The standard InChI is InChI=1S/C26H31N5O3/c1-18-4-7-23(16-24(18)29-26(34)30(3)15-12-28-19(2)32)25(33)31-13-10-22(11-14-31)21-8-5-20(17-27)6-9-21/h4-9,16,22H,10-15H2,1-3H3,(H,28,32)(H,29,34). The Morgan fingerprint density at radius 3 is 2.41 bits per heavy atom. The van der Waals surface area contributed by atoms with Crippen molar-refractivity contribution in [2.75, 3.05) is 38.5 Å². The first kappa shape index (κ1) is 24.8. The van der Waals surface area contributed by atoms with E-state index >= 15 is 0 Å². The van der Waals surface area contributed by atoms with Crippen molar-refractivity contribution in [2.24, 2.45) is 0 Å². The molecule has 1 aliphatic heterocycles. The van der Waals surface area contributed by atoms with E-state index in [1.165, 1.54) is 17.4 Å². The predicted molar refractivity (Wildman–Crippen MR) is 131 cm³/mol. The van der Waals surface area contributed by atoms with E-state index in [-0.39, 0.29) is 17.8 Å². The van der Waals surface area contributed by atoms with Gasteiger partial charge in [-0.15, -0.1) is 0 Å². The van der Waals surface area contributed by atoms with Crippen LogP contribution in [0.3, 0.4) is 0 Å². The molecule has 1 fully saturated rings. The lowest BCUT2D eigenvalue weighted by Gasteiger charge is -2.32. The third-order valence-corrected chi connectivity index (χ3v) is 6.19. The maximum Gasteiger partial charge on any atom is 0.321 e. The summed E-state index contributed by atoms with van der Waals surface area (Å²) in [6, 6.07) is 14.9. The molecule has 8 nitrogen and oxygen atoms in total. The third kappa shape index (κ3) is 6.35. The van der Waals surface area contributed by atoms with Crippen LogP contribution in [0.25, 0.3) is 0 Å². The second-order valence-electron chi connectivity index (χ2n) is 8.66. The van der Waals surface area contributed by atoms with Crippen molar-refractivity contribution in [1.82, 2.24) is 15.1 Å². The maximum absolute atomic E-state index is 13.1. The van der Waals surface area contributed by atoms with Crippen molar-refractivity contribution < 1.29 is 14.4 Å². The van der Waals surface area contributed by atoms with Crippen LogP contribution in [0.15, 0.2) is 42.5 Å². The lowest BCUT2D eigenvalue weighted by molar-refractivity contribution is -0.118. The number of carbonyl (C=O) groups excluding carboxylic acids is 3. The smallest absolute Gasteiger partial charge is 0.321 e. The number of likely N-dealkylation sites (N-methyl/N-ethyl adjacent to an activating group) is 1. The molecule has 0 bridgehead atoms. The second kappa shape index (κ2) is 11.3. The molecule has 2 aromatic carbocycles. The van der Waals surface area contributed by atoms with E-state index in [4.69, 9.17) is 5.26 Å². The normalized spacial score (nSPS) is 13.6. The van der Waals surface area contributed by atoms with Crippen LogP contribution in [0.2, 0.25) is 0 Å². The number of nitrogens with one attached hydrogen (secondary N) is 2. The Balaban J connectivity index is 1.59. The summed E-state index contributed by atoms with van der Waals surface area (Å²) in [4.78, 5) is 40.0. The van der Waals surface area contributed by atoms with Crippen molar-refractivity contribution in [2.45, 2.75) is 32.6 Å². The number of benzene rings is 2. The second-order valence-corrected chi connectivity index (χ2v) is 8.66. The van der Waals surface area contributed by atoms with E-state index in [9.17, 15) is 14.4 Å². The molecule has 0 unspecified atom stereocenters. The minimum atomic E-state index is -0.304. The number of urea groups is 1. The van der Waals surface area contributed by atoms with Gasteiger partial charge in [-0.3, -0.25) is 9.59 Å². The van der Waals surface area contributed by atoms with Gasteiger partial charge in [-0.2, -0.15) is 5.26 Å². The monoisotopic (exact) mass is 461 g/mol. The number of hydrogen-bond acceptors (Lipinski definition) is 4. The van der Waals surface area contributed by atoms with Crippen LogP contribution in [0.5, 0.6) is 0 Å². The molecule has 1 heterocycles. The molecule has 0 radical (unpaired) electrons. The van der Waals surface area contributed by atoms with Gasteiger partial charge in [0.1, 0.15) is 0 Å². The SMILES string of the molecule is CC(=O)NCCN(C)C(=O)Nc1cc(C(=O)N2CCC(c3ccc(C#N)cc3)CC2)ccc1C. The number of anilines is 1. The van der Waals surface area contributed by atoms with Crippen molar-refractivity contribution in [3.05, 3.63) is 64.7 Å². The molecule has 4 amide bonds. The van der Waals surface area contributed by atoms with Gasteiger partial charge in [0.05, 0.1) is 11.6 Å². The number of nitrogens with zero attached hydrogens (tertiary/aromatic N) is 3. The zero-order chi connectivity index (χ0) is 24.7. The van der Waals surface area contributed by atoms with Gasteiger partial charge < -0.3 is 20.4 Å². The molecule has 2 aromatic rings. The number of carbonyl (C=O) groups is 3. The first-order valence-corrected chi connectivity index (χ1v) is 11.4.